The average molecular weight is 304 g/mol. The molecule has 4 rings (SSSR count). The first-order valence-electron chi connectivity index (χ1n) is 8.14. The van der Waals surface area contributed by atoms with Crippen LogP contribution in [0.4, 0.5) is 0 Å². The SMILES string of the molecule is NC1CCCc2c1c(Cc1ccccc1)nn2-c1ccccn1. The zero-order chi connectivity index (χ0) is 15.6. The molecule has 4 nitrogen and oxygen atoms in total. The van der Waals surface area contributed by atoms with Gasteiger partial charge in [0, 0.05) is 24.2 Å². The Morgan fingerprint density at radius 1 is 1.09 bits per heavy atom. The van der Waals surface area contributed by atoms with Crippen molar-refractivity contribution in [1.29, 1.82) is 0 Å². The monoisotopic (exact) mass is 304 g/mol. The third kappa shape index (κ3) is 2.66. The number of hydrogen-bond acceptors (Lipinski definition) is 3. The van der Waals surface area contributed by atoms with Gasteiger partial charge in [0.05, 0.1) is 11.4 Å². The van der Waals surface area contributed by atoms with Crippen molar-refractivity contribution in [1.82, 2.24) is 14.8 Å². The van der Waals surface area contributed by atoms with Crippen LogP contribution in [0.15, 0.2) is 54.7 Å². The fraction of sp³-hybridized carbons (Fsp3) is 0.263. The molecule has 1 aliphatic carbocycles. The van der Waals surface area contributed by atoms with Crippen LogP contribution in [0.5, 0.6) is 0 Å². The Morgan fingerprint density at radius 3 is 2.70 bits per heavy atom. The van der Waals surface area contributed by atoms with Crippen molar-refractivity contribution in [3.8, 4) is 5.82 Å². The van der Waals surface area contributed by atoms with Crippen LogP contribution in [-0.4, -0.2) is 14.8 Å². The van der Waals surface area contributed by atoms with E-state index in [1.54, 1.807) is 0 Å². The normalized spacial score (nSPS) is 17.0. The van der Waals surface area contributed by atoms with Crippen LogP contribution >= 0.6 is 0 Å². The summed E-state index contributed by atoms with van der Waals surface area (Å²) >= 11 is 0. The molecule has 0 bridgehead atoms. The van der Waals surface area contributed by atoms with Crippen LogP contribution in [0.3, 0.4) is 0 Å². The van der Waals surface area contributed by atoms with E-state index in [0.717, 1.165) is 37.2 Å². The van der Waals surface area contributed by atoms with Crippen molar-refractivity contribution in [2.24, 2.45) is 5.73 Å². The van der Waals surface area contributed by atoms with E-state index in [-0.39, 0.29) is 6.04 Å². The van der Waals surface area contributed by atoms with E-state index in [9.17, 15) is 0 Å². The van der Waals surface area contributed by atoms with Crippen molar-refractivity contribution in [2.45, 2.75) is 31.7 Å². The van der Waals surface area contributed by atoms with E-state index >= 15 is 0 Å². The van der Waals surface area contributed by atoms with Gasteiger partial charge in [0.1, 0.15) is 0 Å². The first-order chi connectivity index (χ1) is 11.3. The molecule has 0 amide bonds. The molecule has 1 aromatic carbocycles. The molecule has 0 saturated heterocycles. The number of rotatable bonds is 3. The fourth-order valence-electron chi connectivity index (χ4n) is 3.41. The van der Waals surface area contributed by atoms with E-state index in [1.807, 2.05) is 35.1 Å². The second kappa shape index (κ2) is 5.97. The summed E-state index contributed by atoms with van der Waals surface area (Å²) in [6.07, 6.45) is 5.78. The predicted molar refractivity (Wildman–Crippen MR) is 90.5 cm³/mol. The molecule has 1 atom stereocenters. The van der Waals surface area contributed by atoms with Gasteiger partial charge in [-0.05, 0) is 37.0 Å². The molecule has 116 valence electrons. The van der Waals surface area contributed by atoms with Crippen molar-refractivity contribution in [3.05, 3.63) is 77.2 Å². The van der Waals surface area contributed by atoms with E-state index in [2.05, 4.69) is 29.2 Å². The number of benzene rings is 1. The van der Waals surface area contributed by atoms with Crippen molar-refractivity contribution < 1.29 is 0 Å². The van der Waals surface area contributed by atoms with Crippen molar-refractivity contribution in [2.75, 3.05) is 0 Å². The van der Waals surface area contributed by atoms with Gasteiger partial charge in [-0.3, -0.25) is 0 Å². The van der Waals surface area contributed by atoms with Crippen LogP contribution < -0.4 is 5.73 Å². The summed E-state index contributed by atoms with van der Waals surface area (Å²) in [4.78, 5) is 4.46. The highest BCUT2D eigenvalue weighted by atomic mass is 15.3. The molecule has 2 aromatic heterocycles. The molecule has 23 heavy (non-hydrogen) atoms. The highest BCUT2D eigenvalue weighted by molar-refractivity contribution is 5.39. The van der Waals surface area contributed by atoms with Gasteiger partial charge in [0.25, 0.3) is 0 Å². The first-order valence-corrected chi connectivity index (χ1v) is 8.14. The maximum absolute atomic E-state index is 6.42. The standard InChI is InChI=1S/C19H20N4/c20-15-9-6-10-17-19(15)16(13-14-7-2-1-3-8-14)22-23(17)18-11-4-5-12-21-18/h1-5,7-8,11-12,15H,6,9-10,13,20H2. The maximum Gasteiger partial charge on any atom is 0.153 e. The van der Waals surface area contributed by atoms with Gasteiger partial charge in [-0.1, -0.05) is 36.4 Å². The number of nitrogens with zero attached hydrogens (tertiary/aromatic N) is 3. The molecule has 2 N–H and O–H groups in total. The fourth-order valence-corrected chi connectivity index (χ4v) is 3.41. The Balaban J connectivity index is 1.81. The Labute approximate surface area is 136 Å². The zero-order valence-corrected chi connectivity index (χ0v) is 13.0. The molecular formula is C19H20N4. The summed E-state index contributed by atoms with van der Waals surface area (Å²) in [7, 11) is 0. The van der Waals surface area contributed by atoms with Gasteiger partial charge < -0.3 is 5.73 Å². The van der Waals surface area contributed by atoms with Crippen molar-refractivity contribution >= 4 is 0 Å². The minimum atomic E-state index is 0.0786. The van der Waals surface area contributed by atoms with Gasteiger partial charge >= 0.3 is 0 Å². The molecule has 0 saturated carbocycles. The second-order valence-corrected chi connectivity index (χ2v) is 6.07. The molecule has 0 fully saturated rings. The lowest BCUT2D eigenvalue weighted by atomic mass is 9.90. The Bertz CT molecular complexity index is 793. The summed E-state index contributed by atoms with van der Waals surface area (Å²) in [5.74, 6) is 0.872. The lowest BCUT2D eigenvalue weighted by Gasteiger charge is -2.20. The number of fused-ring (bicyclic) bond motifs is 1. The maximum atomic E-state index is 6.42. The minimum absolute atomic E-state index is 0.0786. The summed E-state index contributed by atoms with van der Waals surface area (Å²) in [6.45, 7) is 0. The Kier molecular flexibility index (Phi) is 3.67. The molecule has 4 heteroatoms. The smallest absolute Gasteiger partial charge is 0.153 e. The second-order valence-electron chi connectivity index (χ2n) is 6.07. The quantitative estimate of drug-likeness (QED) is 0.808. The van der Waals surface area contributed by atoms with Gasteiger partial charge in [0.2, 0.25) is 0 Å². The molecule has 3 aromatic rings. The third-order valence-corrected chi connectivity index (χ3v) is 4.48. The summed E-state index contributed by atoms with van der Waals surface area (Å²) < 4.78 is 1.99. The molecule has 1 aliphatic rings. The number of aromatic nitrogens is 3. The van der Waals surface area contributed by atoms with Crippen LogP contribution in [0.25, 0.3) is 5.82 Å². The highest BCUT2D eigenvalue weighted by Gasteiger charge is 2.27. The number of hydrogen-bond donors (Lipinski definition) is 1. The highest BCUT2D eigenvalue weighted by Crippen LogP contribution is 2.33. The van der Waals surface area contributed by atoms with Gasteiger partial charge in [0.15, 0.2) is 5.82 Å². The summed E-state index contributed by atoms with van der Waals surface area (Å²) in [5.41, 5.74) is 11.2. The topological polar surface area (TPSA) is 56.7 Å². The Morgan fingerprint density at radius 2 is 1.91 bits per heavy atom. The average Bonchev–Trinajstić information content (AvgIpc) is 2.96. The zero-order valence-electron chi connectivity index (χ0n) is 13.0. The van der Waals surface area contributed by atoms with Crippen LogP contribution in [-0.2, 0) is 12.8 Å². The molecule has 2 heterocycles. The van der Waals surface area contributed by atoms with E-state index in [4.69, 9.17) is 10.8 Å². The molecular weight excluding hydrogens is 284 g/mol. The van der Waals surface area contributed by atoms with E-state index in [1.165, 1.54) is 16.8 Å². The van der Waals surface area contributed by atoms with Gasteiger partial charge in [-0.15, -0.1) is 0 Å². The molecule has 1 unspecified atom stereocenters. The number of pyridine rings is 1. The van der Waals surface area contributed by atoms with Gasteiger partial charge in [-0.25, -0.2) is 9.67 Å². The van der Waals surface area contributed by atoms with E-state index < -0.39 is 0 Å². The first kappa shape index (κ1) is 14.2. The van der Waals surface area contributed by atoms with Crippen LogP contribution in [0.1, 0.15) is 41.4 Å². The van der Waals surface area contributed by atoms with Crippen LogP contribution in [0, 0.1) is 0 Å². The predicted octanol–water partition coefficient (Wildman–Crippen LogP) is 3.19. The summed E-state index contributed by atoms with van der Waals surface area (Å²) in [5, 5.41) is 4.88. The number of nitrogens with two attached hydrogens (primary N) is 1. The lowest BCUT2D eigenvalue weighted by molar-refractivity contribution is 0.555. The van der Waals surface area contributed by atoms with E-state index in [0.29, 0.717) is 0 Å². The van der Waals surface area contributed by atoms with Crippen molar-refractivity contribution in [3.63, 3.8) is 0 Å². The summed E-state index contributed by atoms with van der Waals surface area (Å²) in [6, 6.07) is 16.5. The minimum Gasteiger partial charge on any atom is -0.324 e. The molecule has 0 spiro atoms. The van der Waals surface area contributed by atoms with Gasteiger partial charge in [-0.2, -0.15) is 5.10 Å². The largest absolute Gasteiger partial charge is 0.324 e. The molecule has 0 radical (unpaired) electrons. The third-order valence-electron chi connectivity index (χ3n) is 4.48. The van der Waals surface area contributed by atoms with Crippen LogP contribution in [0.2, 0.25) is 0 Å². The molecule has 0 aliphatic heterocycles. The lowest BCUT2D eigenvalue weighted by Crippen LogP contribution is -2.19. The Hall–Kier alpha value is -2.46.